The maximum absolute atomic E-state index is 4.26. The summed E-state index contributed by atoms with van der Waals surface area (Å²) in [6.45, 7) is 6.15. The molecule has 0 spiro atoms. The van der Waals surface area contributed by atoms with Gasteiger partial charge < -0.3 is 10.6 Å². The minimum atomic E-state index is 0.699. The van der Waals surface area contributed by atoms with Gasteiger partial charge in [-0.15, -0.1) is 0 Å². The van der Waals surface area contributed by atoms with Crippen molar-refractivity contribution in [1.82, 2.24) is 15.6 Å². The largest absolute Gasteiger partial charge is 0.356 e. The van der Waals surface area contributed by atoms with E-state index in [2.05, 4.69) is 34.5 Å². The van der Waals surface area contributed by atoms with Crippen LogP contribution in [0.15, 0.2) is 29.4 Å². The fourth-order valence-electron chi connectivity index (χ4n) is 1.61. The number of aliphatic imine (C=N–C) groups is 1. The van der Waals surface area contributed by atoms with Crippen molar-refractivity contribution in [3.63, 3.8) is 0 Å². The molecule has 18 heavy (non-hydrogen) atoms. The maximum atomic E-state index is 4.26. The molecule has 0 saturated heterocycles. The van der Waals surface area contributed by atoms with Crippen molar-refractivity contribution in [2.75, 3.05) is 13.6 Å². The van der Waals surface area contributed by atoms with E-state index >= 15 is 0 Å². The van der Waals surface area contributed by atoms with Crippen molar-refractivity contribution in [3.05, 3.63) is 30.1 Å². The average molecular weight is 248 g/mol. The Labute approximate surface area is 110 Å². The Bertz CT molecular complexity index is 346. The van der Waals surface area contributed by atoms with Gasteiger partial charge in [-0.25, -0.2) is 0 Å². The number of hydrogen-bond donors (Lipinski definition) is 2. The standard InChI is InChI=1S/C14H24N4/c1-12(2)7-6-10-17-14(15-3)18-11-13-8-4-5-9-16-13/h4-5,8-9,12H,6-7,10-11H2,1-3H3,(H2,15,17,18). The first kappa shape index (κ1) is 14.5. The molecule has 0 aliphatic rings. The monoisotopic (exact) mass is 248 g/mol. The highest BCUT2D eigenvalue weighted by molar-refractivity contribution is 5.79. The first-order valence-corrected chi connectivity index (χ1v) is 6.56. The van der Waals surface area contributed by atoms with Crippen LogP contribution >= 0.6 is 0 Å². The van der Waals surface area contributed by atoms with Crippen LogP contribution in [-0.4, -0.2) is 24.5 Å². The zero-order valence-corrected chi connectivity index (χ0v) is 11.6. The number of nitrogens with one attached hydrogen (secondary N) is 2. The number of rotatable bonds is 6. The van der Waals surface area contributed by atoms with E-state index in [4.69, 9.17) is 0 Å². The van der Waals surface area contributed by atoms with Gasteiger partial charge in [0.15, 0.2) is 5.96 Å². The first-order chi connectivity index (χ1) is 8.72. The molecule has 2 N–H and O–H groups in total. The van der Waals surface area contributed by atoms with Crippen molar-refractivity contribution in [1.29, 1.82) is 0 Å². The van der Waals surface area contributed by atoms with Crippen LogP contribution in [0, 0.1) is 5.92 Å². The van der Waals surface area contributed by atoms with Crippen LogP contribution in [0.25, 0.3) is 0 Å². The summed E-state index contributed by atoms with van der Waals surface area (Å²) in [5.41, 5.74) is 1.02. The van der Waals surface area contributed by atoms with Gasteiger partial charge in [-0.2, -0.15) is 0 Å². The number of pyridine rings is 1. The second-order valence-electron chi connectivity index (χ2n) is 4.71. The number of nitrogens with zero attached hydrogens (tertiary/aromatic N) is 2. The van der Waals surface area contributed by atoms with Crippen LogP contribution in [0.5, 0.6) is 0 Å². The zero-order chi connectivity index (χ0) is 13.2. The highest BCUT2D eigenvalue weighted by Gasteiger charge is 1.99. The second-order valence-corrected chi connectivity index (χ2v) is 4.71. The van der Waals surface area contributed by atoms with Gasteiger partial charge in [-0.1, -0.05) is 19.9 Å². The van der Waals surface area contributed by atoms with Gasteiger partial charge in [-0.3, -0.25) is 9.98 Å². The van der Waals surface area contributed by atoms with Crippen LogP contribution in [0.1, 0.15) is 32.4 Å². The van der Waals surface area contributed by atoms with Gasteiger partial charge >= 0.3 is 0 Å². The van der Waals surface area contributed by atoms with Crippen LogP contribution in [-0.2, 0) is 6.54 Å². The summed E-state index contributed by atoms with van der Waals surface area (Å²) in [4.78, 5) is 8.45. The Morgan fingerprint density at radius 1 is 1.33 bits per heavy atom. The third kappa shape index (κ3) is 6.23. The molecule has 0 atom stereocenters. The van der Waals surface area contributed by atoms with Gasteiger partial charge in [0, 0.05) is 19.8 Å². The van der Waals surface area contributed by atoms with E-state index in [9.17, 15) is 0 Å². The van der Waals surface area contributed by atoms with E-state index in [0.29, 0.717) is 6.54 Å². The lowest BCUT2D eigenvalue weighted by molar-refractivity contribution is 0.549. The lowest BCUT2D eigenvalue weighted by Gasteiger charge is -2.12. The minimum Gasteiger partial charge on any atom is -0.356 e. The number of guanidine groups is 1. The Hall–Kier alpha value is -1.58. The summed E-state index contributed by atoms with van der Waals surface area (Å²) in [7, 11) is 1.79. The molecule has 0 radical (unpaired) electrons. The van der Waals surface area contributed by atoms with Crippen LogP contribution in [0.2, 0.25) is 0 Å². The molecule has 0 unspecified atom stereocenters. The van der Waals surface area contributed by atoms with Crippen LogP contribution in [0.3, 0.4) is 0 Å². The fraction of sp³-hybridized carbons (Fsp3) is 0.571. The van der Waals surface area contributed by atoms with E-state index in [1.807, 2.05) is 18.2 Å². The molecular formula is C14H24N4. The first-order valence-electron chi connectivity index (χ1n) is 6.56. The third-order valence-corrected chi connectivity index (χ3v) is 2.64. The summed E-state index contributed by atoms with van der Waals surface area (Å²) in [5, 5.41) is 6.56. The molecule has 0 aliphatic heterocycles. The Morgan fingerprint density at radius 2 is 2.17 bits per heavy atom. The SMILES string of the molecule is CN=C(NCCCC(C)C)NCc1ccccn1. The summed E-state index contributed by atoms with van der Waals surface area (Å²) in [5.74, 6) is 1.60. The van der Waals surface area contributed by atoms with Crippen molar-refractivity contribution in [3.8, 4) is 0 Å². The van der Waals surface area contributed by atoms with Crippen LogP contribution < -0.4 is 10.6 Å². The minimum absolute atomic E-state index is 0.699. The molecular weight excluding hydrogens is 224 g/mol. The normalized spacial score (nSPS) is 11.7. The molecule has 1 aromatic heterocycles. The van der Waals surface area contributed by atoms with Gasteiger partial charge in [0.1, 0.15) is 0 Å². The van der Waals surface area contributed by atoms with E-state index in [1.165, 1.54) is 12.8 Å². The zero-order valence-electron chi connectivity index (χ0n) is 11.6. The molecule has 0 aromatic carbocycles. The highest BCUT2D eigenvalue weighted by Crippen LogP contribution is 2.01. The third-order valence-electron chi connectivity index (χ3n) is 2.64. The lowest BCUT2D eigenvalue weighted by atomic mass is 10.1. The van der Waals surface area contributed by atoms with Crippen LogP contribution in [0.4, 0.5) is 0 Å². The van der Waals surface area contributed by atoms with Crippen molar-refractivity contribution in [2.24, 2.45) is 10.9 Å². The van der Waals surface area contributed by atoms with E-state index in [-0.39, 0.29) is 0 Å². The predicted molar refractivity (Wildman–Crippen MR) is 76.5 cm³/mol. The van der Waals surface area contributed by atoms with E-state index < -0.39 is 0 Å². The maximum Gasteiger partial charge on any atom is 0.191 e. The molecule has 100 valence electrons. The molecule has 4 nitrogen and oxygen atoms in total. The molecule has 1 rings (SSSR count). The molecule has 1 aromatic rings. The molecule has 0 bridgehead atoms. The summed E-state index contributed by atoms with van der Waals surface area (Å²) in [6, 6.07) is 5.91. The molecule has 0 fully saturated rings. The fourth-order valence-corrected chi connectivity index (χ4v) is 1.61. The molecule has 0 amide bonds. The number of hydrogen-bond acceptors (Lipinski definition) is 2. The van der Waals surface area contributed by atoms with Gasteiger partial charge in [0.05, 0.1) is 12.2 Å². The molecule has 0 aliphatic carbocycles. The Morgan fingerprint density at radius 3 is 2.78 bits per heavy atom. The molecule has 0 saturated carbocycles. The molecule has 1 heterocycles. The topological polar surface area (TPSA) is 49.3 Å². The van der Waals surface area contributed by atoms with Crippen molar-refractivity contribution >= 4 is 5.96 Å². The summed E-state index contributed by atoms with van der Waals surface area (Å²) < 4.78 is 0. The lowest BCUT2D eigenvalue weighted by Crippen LogP contribution is -2.37. The van der Waals surface area contributed by atoms with Gasteiger partial charge in [-0.05, 0) is 30.9 Å². The van der Waals surface area contributed by atoms with E-state index in [1.54, 1.807) is 13.2 Å². The summed E-state index contributed by atoms with van der Waals surface area (Å²) >= 11 is 0. The average Bonchev–Trinajstić information content (AvgIpc) is 2.39. The van der Waals surface area contributed by atoms with E-state index in [0.717, 1.165) is 24.1 Å². The van der Waals surface area contributed by atoms with Crippen molar-refractivity contribution < 1.29 is 0 Å². The smallest absolute Gasteiger partial charge is 0.191 e. The second kappa shape index (κ2) is 8.50. The predicted octanol–water partition coefficient (Wildman–Crippen LogP) is 2.18. The quantitative estimate of drug-likeness (QED) is 0.461. The highest BCUT2D eigenvalue weighted by atomic mass is 15.2. The molecule has 4 heteroatoms. The van der Waals surface area contributed by atoms with Crippen molar-refractivity contribution in [2.45, 2.75) is 33.2 Å². The summed E-state index contributed by atoms with van der Waals surface area (Å²) in [6.07, 6.45) is 4.21. The Kier molecular flexibility index (Phi) is 6.84. The van der Waals surface area contributed by atoms with Gasteiger partial charge in [0.2, 0.25) is 0 Å². The Balaban J connectivity index is 2.22. The van der Waals surface area contributed by atoms with Gasteiger partial charge in [0.25, 0.3) is 0 Å². The number of aromatic nitrogens is 1.